The van der Waals surface area contributed by atoms with Crippen molar-refractivity contribution in [1.82, 2.24) is 14.9 Å². The maximum absolute atomic E-state index is 4.33. The lowest BCUT2D eigenvalue weighted by atomic mass is 9.96. The third-order valence-electron chi connectivity index (χ3n) is 3.45. The molecule has 1 aromatic heterocycles. The zero-order valence-corrected chi connectivity index (χ0v) is 13.5. The van der Waals surface area contributed by atoms with Crippen molar-refractivity contribution in [3.05, 3.63) is 46.0 Å². The van der Waals surface area contributed by atoms with E-state index in [0.29, 0.717) is 5.92 Å². The maximum Gasteiger partial charge on any atom is 0.0832 e. The summed E-state index contributed by atoms with van der Waals surface area (Å²) >= 11 is 1.52. The van der Waals surface area contributed by atoms with E-state index in [9.17, 15) is 0 Å². The van der Waals surface area contributed by atoms with Gasteiger partial charge in [-0.25, -0.2) is 0 Å². The molecule has 1 atom stereocenters. The molecule has 0 aliphatic carbocycles. The average Bonchev–Trinajstić information content (AvgIpc) is 2.90. The first-order chi connectivity index (χ1) is 9.65. The van der Waals surface area contributed by atoms with Gasteiger partial charge in [0.15, 0.2) is 0 Å². The second-order valence-electron chi connectivity index (χ2n) is 5.42. The average molecular weight is 289 g/mol. The van der Waals surface area contributed by atoms with E-state index < -0.39 is 0 Å². The van der Waals surface area contributed by atoms with Gasteiger partial charge in [-0.05, 0) is 48.5 Å². The molecule has 20 heavy (non-hydrogen) atoms. The maximum atomic E-state index is 4.33. The molecule has 108 valence electrons. The molecule has 0 saturated carbocycles. The van der Waals surface area contributed by atoms with Gasteiger partial charge in [0.25, 0.3) is 0 Å². The van der Waals surface area contributed by atoms with Crippen molar-refractivity contribution in [2.75, 3.05) is 6.54 Å². The van der Waals surface area contributed by atoms with E-state index in [1.54, 1.807) is 0 Å². The van der Waals surface area contributed by atoms with Gasteiger partial charge in [0.2, 0.25) is 0 Å². The molecule has 3 nitrogen and oxygen atoms in total. The molecule has 0 aliphatic heterocycles. The van der Waals surface area contributed by atoms with Crippen molar-refractivity contribution in [1.29, 1.82) is 0 Å². The van der Waals surface area contributed by atoms with Crippen LogP contribution in [0.4, 0.5) is 0 Å². The number of hydrogen-bond donors (Lipinski definition) is 1. The Labute approximate surface area is 125 Å². The van der Waals surface area contributed by atoms with Gasteiger partial charge in [0.05, 0.1) is 16.6 Å². The first-order valence-corrected chi connectivity index (χ1v) is 8.03. The Morgan fingerprint density at radius 1 is 1.25 bits per heavy atom. The van der Waals surface area contributed by atoms with Gasteiger partial charge < -0.3 is 5.32 Å². The van der Waals surface area contributed by atoms with Crippen LogP contribution in [-0.2, 0) is 0 Å². The molecular weight excluding hydrogens is 266 g/mol. The fraction of sp³-hybridized carbons (Fsp3) is 0.500. The first-order valence-electron chi connectivity index (χ1n) is 7.26. The van der Waals surface area contributed by atoms with Crippen LogP contribution in [0.15, 0.2) is 24.3 Å². The minimum absolute atomic E-state index is 0.202. The van der Waals surface area contributed by atoms with Crippen LogP contribution in [0.2, 0.25) is 0 Å². The highest BCUT2D eigenvalue weighted by atomic mass is 32.1. The Bertz CT molecular complexity index is 548. The van der Waals surface area contributed by atoms with Crippen LogP contribution >= 0.6 is 11.5 Å². The topological polar surface area (TPSA) is 37.8 Å². The summed E-state index contributed by atoms with van der Waals surface area (Å²) in [4.78, 5) is 1.25. The number of nitrogens with one attached hydrogen (secondary N) is 1. The number of nitrogens with zero attached hydrogens (tertiary/aromatic N) is 2. The number of rotatable bonds is 6. The predicted octanol–water partition coefficient (Wildman–Crippen LogP) is 4.06. The Morgan fingerprint density at radius 2 is 2.00 bits per heavy atom. The van der Waals surface area contributed by atoms with E-state index in [-0.39, 0.29) is 6.04 Å². The van der Waals surface area contributed by atoms with E-state index in [4.69, 9.17) is 0 Å². The summed E-state index contributed by atoms with van der Waals surface area (Å²) in [7, 11) is 0. The Balaban J connectivity index is 2.42. The summed E-state index contributed by atoms with van der Waals surface area (Å²) in [6.07, 6.45) is 1.12. The highest BCUT2D eigenvalue weighted by Crippen LogP contribution is 2.32. The van der Waals surface area contributed by atoms with Crippen molar-refractivity contribution in [2.24, 2.45) is 0 Å². The molecule has 0 amide bonds. The predicted molar refractivity (Wildman–Crippen MR) is 85.3 cm³/mol. The van der Waals surface area contributed by atoms with Crippen molar-refractivity contribution in [3.8, 4) is 0 Å². The van der Waals surface area contributed by atoms with Crippen LogP contribution in [0.5, 0.6) is 0 Å². The molecule has 0 spiro atoms. The molecule has 1 N–H and O–H groups in total. The number of aromatic nitrogens is 2. The monoisotopic (exact) mass is 289 g/mol. The van der Waals surface area contributed by atoms with Gasteiger partial charge in [-0.2, -0.15) is 0 Å². The van der Waals surface area contributed by atoms with E-state index in [0.717, 1.165) is 18.7 Å². The Kier molecular flexibility index (Phi) is 5.26. The van der Waals surface area contributed by atoms with Gasteiger partial charge in [-0.3, -0.25) is 0 Å². The highest BCUT2D eigenvalue weighted by molar-refractivity contribution is 7.05. The SMILES string of the molecule is CCCNC(c1ccccc1C)c1snnc1C(C)C. The van der Waals surface area contributed by atoms with E-state index in [1.807, 2.05) is 0 Å². The van der Waals surface area contributed by atoms with Gasteiger partial charge in [-0.1, -0.05) is 49.5 Å². The molecule has 0 aliphatic rings. The summed E-state index contributed by atoms with van der Waals surface area (Å²) in [6, 6.07) is 8.76. The number of aryl methyl sites for hydroxylation is 1. The Hall–Kier alpha value is -1.26. The smallest absolute Gasteiger partial charge is 0.0832 e. The molecule has 0 saturated heterocycles. The standard InChI is InChI=1S/C16H23N3S/c1-5-10-17-15(13-9-7-6-8-12(13)4)16-14(11(2)3)18-19-20-16/h6-9,11,15,17H,5,10H2,1-4H3. The zero-order chi connectivity index (χ0) is 14.5. The quantitative estimate of drug-likeness (QED) is 0.871. The third-order valence-corrected chi connectivity index (χ3v) is 4.25. The summed E-state index contributed by atoms with van der Waals surface area (Å²) < 4.78 is 4.18. The van der Waals surface area contributed by atoms with E-state index in [2.05, 4.69) is 66.9 Å². The van der Waals surface area contributed by atoms with E-state index in [1.165, 1.54) is 27.5 Å². The fourth-order valence-corrected chi connectivity index (χ4v) is 3.25. The summed E-state index contributed by atoms with van der Waals surface area (Å²) in [6.45, 7) is 9.70. The Morgan fingerprint density at radius 3 is 2.65 bits per heavy atom. The normalized spacial score (nSPS) is 12.8. The van der Waals surface area contributed by atoms with Crippen LogP contribution in [0.3, 0.4) is 0 Å². The molecule has 0 radical (unpaired) electrons. The molecule has 2 rings (SSSR count). The van der Waals surface area contributed by atoms with Crippen LogP contribution in [0, 0.1) is 6.92 Å². The summed E-state index contributed by atoms with van der Waals surface area (Å²) in [5, 5.41) is 7.98. The fourth-order valence-electron chi connectivity index (χ4n) is 2.35. The largest absolute Gasteiger partial charge is 0.305 e. The lowest BCUT2D eigenvalue weighted by Crippen LogP contribution is -2.24. The minimum atomic E-state index is 0.202. The molecule has 0 fully saturated rings. The molecule has 0 bridgehead atoms. The number of benzene rings is 1. The molecule has 1 heterocycles. The van der Waals surface area contributed by atoms with Gasteiger partial charge in [-0.15, -0.1) is 5.10 Å². The van der Waals surface area contributed by atoms with Crippen molar-refractivity contribution < 1.29 is 0 Å². The summed E-state index contributed by atoms with van der Waals surface area (Å²) in [5.41, 5.74) is 3.75. The lowest BCUT2D eigenvalue weighted by Gasteiger charge is -2.21. The molecule has 1 aromatic carbocycles. The van der Waals surface area contributed by atoms with Crippen LogP contribution in [0.1, 0.15) is 60.8 Å². The third kappa shape index (κ3) is 3.25. The van der Waals surface area contributed by atoms with Crippen LogP contribution < -0.4 is 5.32 Å². The lowest BCUT2D eigenvalue weighted by molar-refractivity contribution is 0.594. The van der Waals surface area contributed by atoms with Gasteiger partial charge in [0.1, 0.15) is 0 Å². The van der Waals surface area contributed by atoms with Crippen LogP contribution in [0.25, 0.3) is 0 Å². The van der Waals surface area contributed by atoms with Crippen molar-refractivity contribution in [3.63, 3.8) is 0 Å². The van der Waals surface area contributed by atoms with Gasteiger partial charge >= 0.3 is 0 Å². The first kappa shape index (κ1) is 15.1. The minimum Gasteiger partial charge on any atom is -0.305 e. The molecule has 1 unspecified atom stereocenters. The second kappa shape index (κ2) is 6.95. The summed E-state index contributed by atoms with van der Waals surface area (Å²) in [5.74, 6) is 0.402. The zero-order valence-electron chi connectivity index (χ0n) is 12.7. The molecular formula is C16H23N3S. The highest BCUT2D eigenvalue weighted by Gasteiger charge is 2.23. The van der Waals surface area contributed by atoms with Crippen LogP contribution in [-0.4, -0.2) is 16.1 Å². The van der Waals surface area contributed by atoms with Crippen molar-refractivity contribution >= 4 is 11.5 Å². The molecule has 2 aromatic rings. The van der Waals surface area contributed by atoms with E-state index >= 15 is 0 Å². The molecule has 4 heteroatoms. The van der Waals surface area contributed by atoms with Crippen molar-refractivity contribution in [2.45, 2.75) is 46.1 Å². The second-order valence-corrected chi connectivity index (χ2v) is 6.21. The number of hydrogen-bond acceptors (Lipinski definition) is 4. The van der Waals surface area contributed by atoms with Gasteiger partial charge in [0, 0.05) is 0 Å².